The summed E-state index contributed by atoms with van der Waals surface area (Å²) in [6.07, 6.45) is 3.28. The van der Waals surface area contributed by atoms with Crippen LogP contribution in [0, 0.1) is 5.92 Å². The van der Waals surface area contributed by atoms with Crippen molar-refractivity contribution in [3.05, 3.63) is 24.2 Å². The van der Waals surface area contributed by atoms with Gasteiger partial charge in [-0.1, -0.05) is 0 Å². The standard InChI is InChI=1S/C16H25N3O3/c1-16(2,3)18-15(21)19-8-6-12(7-9-19)11-17-14(20)13-5-4-10-22-13/h4-5,10,12H,6-9,11H2,1-3H3,(H,17,20)(H,18,21). The monoisotopic (exact) mass is 307 g/mol. The van der Waals surface area contributed by atoms with E-state index in [-0.39, 0.29) is 17.5 Å². The second-order valence-corrected chi connectivity index (χ2v) is 6.80. The average Bonchev–Trinajstić information content (AvgIpc) is 2.97. The Morgan fingerprint density at radius 1 is 1.32 bits per heavy atom. The molecule has 0 saturated carbocycles. The SMILES string of the molecule is CC(C)(C)NC(=O)N1CCC(CNC(=O)c2ccco2)CC1. The molecule has 2 rings (SSSR count). The zero-order chi connectivity index (χ0) is 16.2. The largest absolute Gasteiger partial charge is 0.459 e. The van der Waals surface area contributed by atoms with E-state index in [0.29, 0.717) is 18.2 Å². The molecule has 1 aliphatic rings. The second kappa shape index (κ2) is 6.85. The van der Waals surface area contributed by atoms with Gasteiger partial charge in [0.2, 0.25) is 0 Å². The minimum Gasteiger partial charge on any atom is -0.459 e. The predicted octanol–water partition coefficient (Wildman–Crippen LogP) is 2.23. The van der Waals surface area contributed by atoms with Gasteiger partial charge in [-0.05, 0) is 51.7 Å². The predicted molar refractivity (Wildman–Crippen MR) is 83.6 cm³/mol. The summed E-state index contributed by atoms with van der Waals surface area (Å²) in [4.78, 5) is 25.7. The van der Waals surface area contributed by atoms with E-state index in [0.717, 1.165) is 25.9 Å². The molecule has 0 aromatic carbocycles. The summed E-state index contributed by atoms with van der Waals surface area (Å²) >= 11 is 0. The van der Waals surface area contributed by atoms with Crippen molar-refractivity contribution in [2.24, 2.45) is 5.92 Å². The quantitative estimate of drug-likeness (QED) is 0.899. The summed E-state index contributed by atoms with van der Waals surface area (Å²) in [6, 6.07) is 3.33. The Kier molecular flexibility index (Phi) is 5.11. The summed E-state index contributed by atoms with van der Waals surface area (Å²) in [5.41, 5.74) is -0.217. The van der Waals surface area contributed by atoms with Crippen LogP contribution < -0.4 is 10.6 Å². The molecule has 6 heteroatoms. The maximum atomic E-state index is 12.1. The zero-order valence-corrected chi connectivity index (χ0v) is 13.5. The number of carbonyl (C=O) groups is 2. The van der Waals surface area contributed by atoms with Crippen LogP contribution in [0.5, 0.6) is 0 Å². The van der Waals surface area contributed by atoms with E-state index in [1.807, 2.05) is 25.7 Å². The van der Waals surface area contributed by atoms with Crippen LogP contribution in [0.1, 0.15) is 44.2 Å². The fraction of sp³-hybridized carbons (Fsp3) is 0.625. The smallest absolute Gasteiger partial charge is 0.317 e. The van der Waals surface area contributed by atoms with E-state index in [9.17, 15) is 9.59 Å². The first-order valence-corrected chi connectivity index (χ1v) is 7.74. The van der Waals surface area contributed by atoms with Gasteiger partial charge in [-0.25, -0.2) is 4.79 Å². The molecule has 2 N–H and O–H groups in total. The van der Waals surface area contributed by atoms with E-state index in [1.165, 1.54) is 6.26 Å². The number of hydrogen-bond acceptors (Lipinski definition) is 3. The van der Waals surface area contributed by atoms with Crippen molar-refractivity contribution in [2.75, 3.05) is 19.6 Å². The van der Waals surface area contributed by atoms with Crippen LogP contribution in [0.3, 0.4) is 0 Å². The number of furan rings is 1. The number of nitrogens with zero attached hydrogens (tertiary/aromatic N) is 1. The van der Waals surface area contributed by atoms with E-state index in [1.54, 1.807) is 12.1 Å². The Bertz CT molecular complexity index is 497. The number of hydrogen-bond donors (Lipinski definition) is 2. The van der Waals surface area contributed by atoms with Crippen molar-refractivity contribution in [3.63, 3.8) is 0 Å². The first kappa shape index (κ1) is 16.4. The third-order valence-corrected chi connectivity index (χ3v) is 3.68. The van der Waals surface area contributed by atoms with Crippen molar-refractivity contribution in [1.82, 2.24) is 15.5 Å². The number of carbonyl (C=O) groups excluding carboxylic acids is 2. The topological polar surface area (TPSA) is 74.6 Å². The molecular weight excluding hydrogens is 282 g/mol. The second-order valence-electron chi connectivity index (χ2n) is 6.80. The third-order valence-electron chi connectivity index (χ3n) is 3.68. The molecule has 0 atom stereocenters. The normalized spacial score (nSPS) is 16.4. The number of urea groups is 1. The summed E-state index contributed by atoms with van der Waals surface area (Å²) < 4.78 is 5.06. The van der Waals surface area contributed by atoms with E-state index in [2.05, 4.69) is 10.6 Å². The molecular formula is C16H25N3O3. The number of piperidine rings is 1. The number of nitrogens with one attached hydrogen (secondary N) is 2. The lowest BCUT2D eigenvalue weighted by Crippen LogP contribution is -2.51. The highest BCUT2D eigenvalue weighted by Gasteiger charge is 2.25. The van der Waals surface area contributed by atoms with Crippen molar-refractivity contribution in [1.29, 1.82) is 0 Å². The average molecular weight is 307 g/mol. The maximum absolute atomic E-state index is 12.1. The lowest BCUT2D eigenvalue weighted by atomic mass is 9.97. The first-order chi connectivity index (χ1) is 10.3. The summed E-state index contributed by atoms with van der Waals surface area (Å²) in [7, 11) is 0. The third kappa shape index (κ3) is 4.79. The van der Waals surface area contributed by atoms with Crippen molar-refractivity contribution in [3.8, 4) is 0 Å². The van der Waals surface area contributed by atoms with Crippen LogP contribution in [0.4, 0.5) is 4.79 Å². The van der Waals surface area contributed by atoms with Crippen LogP contribution >= 0.6 is 0 Å². The molecule has 1 aromatic heterocycles. The molecule has 1 saturated heterocycles. The van der Waals surface area contributed by atoms with Crippen LogP contribution in [-0.2, 0) is 0 Å². The Labute approximate surface area is 131 Å². The lowest BCUT2D eigenvalue weighted by molar-refractivity contribution is 0.0909. The van der Waals surface area contributed by atoms with E-state index >= 15 is 0 Å². The van der Waals surface area contributed by atoms with Crippen LogP contribution in [0.15, 0.2) is 22.8 Å². The highest BCUT2D eigenvalue weighted by atomic mass is 16.3. The van der Waals surface area contributed by atoms with Crippen LogP contribution in [0.25, 0.3) is 0 Å². The van der Waals surface area contributed by atoms with Gasteiger partial charge in [-0.3, -0.25) is 4.79 Å². The lowest BCUT2D eigenvalue weighted by Gasteiger charge is -2.34. The van der Waals surface area contributed by atoms with Crippen LogP contribution in [0.2, 0.25) is 0 Å². The van der Waals surface area contributed by atoms with Crippen molar-refractivity contribution < 1.29 is 14.0 Å². The van der Waals surface area contributed by atoms with Gasteiger partial charge in [0, 0.05) is 25.2 Å². The molecule has 3 amide bonds. The minimum absolute atomic E-state index is 0.00873. The molecule has 0 aliphatic carbocycles. The zero-order valence-electron chi connectivity index (χ0n) is 13.5. The fourth-order valence-corrected chi connectivity index (χ4v) is 2.47. The van der Waals surface area contributed by atoms with E-state index in [4.69, 9.17) is 4.42 Å². The van der Waals surface area contributed by atoms with Crippen LogP contribution in [-0.4, -0.2) is 42.0 Å². The highest BCUT2D eigenvalue weighted by Crippen LogP contribution is 2.17. The molecule has 1 aliphatic heterocycles. The molecule has 0 unspecified atom stereocenters. The summed E-state index contributed by atoms with van der Waals surface area (Å²) in [5, 5.41) is 5.86. The Morgan fingerprint density at radius 3 is 2.55 bits per heavy atom. The molecule has 0 spiro atoms. The molecule has 1 fully saturated rings. The van der Waals surface area contributed by atoms with Gasteiger partial charge < -0.3 is 20.0 Å². The summed E-state index contributed by atoms with van der Waals surface area (Å²) in [6.45, 7) is 7.99. The van der Waals surface area contributed by atoms with Gasteiger partial charge in [0.1, 0.15) is 0 Å². The molecule has 2 heterocycles. The van der Waals surface area contributed by atoms with Gasteiger partial charge in [0.25, 0.3) is 5.91 Å². The molecule has 122 valence electrons. The number of likely N-dealkylation sites (tertiary alicyclic amines) is 1. The van der Waals surface area contributed by atoms with Gasteiger partial charge in [0.15, 0.2) is 5.76 Å². The Balaban J connectivity index is 1.71. The minimum atomic E-state index is -0.217. The molecule has 6 nitrogen and oxygen atoms in total. The summed E-state index contributed by atoms with van der Waals surface area (Å²) in [5.74, 6) is 0.553. The Morgan fingerprint density at radius 2 is 2.00 bits per heavy atom. The molecule has 0 radical (unpaired) electrons. The van der Waals surface area contributed by atoms with Gasteiger partial charge in [0.05, 0.1) is 6.26 Å². The van der Waals surface area contributed by atoms with Crippen molar-refractivity contribution in [2.45, 2.75) is 39.2 Å². The highest BCUT2D eigenvalue weighted by molar-refractivity contribution is 5.91. The van der Waals surface area contributed by atoms with Gasteiger partial charge in [-0.15, -0.1) is 0 Å². The first-order valence-electron chi connectivity index (χ1n) is 7.74. The molecule has 1 aromatic rings. The van der Waals surface area contributed by atoms with Gasteiger partial charge >= 0.3 is 6.03 Å². The molecule has 0 bridgehead atoms. The number of amides is 3. The maximum Gasteiger partial charge on any atom is 0.317 e. The van der Waals surface area contributed by atoms with Gasteiger partial charge in [-0.2, -0.15) is 0 Å². The Hall–Kier alpha value is -1.98. The molecule has 22 heavy (non-hydrogen) atoms. The fourth-order valence-electron chi connectivity index (χ4n) is 2.47. The van der Waals surface area contributed by atoms with E-state index < -0.39 is 0 Å². The number of rotatable bonds is 3. The van der Waals surface area contributed by atoms with Crippen molar-refractivity contribution >= 4 is 11.9 Å².